The Kier molecular flexibility index (Phi) is 4.86. The smallest absolute Gasteiger partial charge is 0.305 e. The van der Waals surface area contributed by atoms with Crippen LogP contribution in [0.3, 0.4) is 0 Å². The second kappa shape index (κ2) is 7.05. The van der Waals surface area contributed by atoms with Crippen LogP contribution in [0.25, 0.3) is 0 Å². The first kappa shape index (κ1) is 16.5. The van der Waals surface area contributed by atoms with Crippen molar-refractivity contribution in [2.45, 2.75) is 38.3 Å². The maximum Gasteiger partial charge on any atom is 0.305 e. The molecule has 0 saturated carbocycles. The highest BCUT2D eigenvalue weighted by Gasteiger charge is 2.32. The second-order valence-electron chi connectivity index (χ2n) is 6.56. The van der Waals surface area contributed by atoms with Gasteiger partial charge in [0.2, 0.25) is 0 Å². The largest absolute Gasteiger partial charge is 0.481 e. The molecule has 1 heterocycles. The van der Waals surface area contributed by atoms with Crippen molar-refractivity contribution in [3.05, 3.63) is 65.2 Å². The number of nitrogens with zero attached hydrogens (tertiary/aromatic N) is 1. The zero-order valence-corrected chi connectivity index (χ0v) is 13.9. The van der Waals surface area contributed by atoms with E-state index in [0.29, 0.717) is 13.0 Å². The molecular formula is C20H23NO3. The number of carbonyl (C=O) groups is 1. The van der Waals surface area contributed by atoms with E-state index in [1.807, 2.05) is 23.1 Å². The molecule has 24 heavy (non-hydrogen) atoms. The standard InChI is InChI=1S/C20H23NO3/c1-14-4-2-3-5-16(14)10-15-6-8-17(9-7-15)21-13-19(22)11-18(21)12-20(23)24/h2-9,18-19,22H,10-13H2,1H3,(H,23,24). The molecule has 0 bridgehead atoms. The van der Waals surface area contributed by atoms with Crippen LogP contribution in [0.15, 0.2) is 48.5 Å². The molecule has 1 aliphatic heterocycles. The minimum Gasteiger partial charge on any atom is -0.481 e. The summed E-state index contributed by atoms with van der Waals surface area (Å²) in [5, 5.41) is 18.9. The van der Waals surface area contributed by atoms with Crippen LogP contribution < -0.4 is 4.90 Å². The molecule has 4 heteroatoms. The van der Waals surface area contributed by atoms with Gasteiger partial charge in [-0.05, 0) is 48.6 Å². The molecule has 0 radical (unpaired) electrons. The highest BCUT2D eigenvalue weighted by Crippen LogP contribution is 2.28. The van der Waals surface area contributed by atoms with Crippen molar-refractivity contribution in [1.82, 2.24) is 0 Å². The van der Waals surface area contributed by atoms with Crippen LogP contribution in [0.5, 0.6) is 0 Å². The Balaban J connectivity index is 1.74. The van der Waals surface area contributed by atoms with Crippen molar-refractivity contribution in [2.75, 3.05) is 11.4 Å². The van der Waals surface area contributed by atoms with Gasteiger partial charge in [0, 0.05) is 18.3 Å². The number of carboxylic acids is 1. The molecule has 0 spiro atoms. The zero-order chi connectivity index (χ0) is 17.1. The molecule has 2 unspecified atom stereocenters. The molecule has 126 valence electrons. The van der Waals surface area contributed by atoms with Crippen LogP contribution in [-0.2, 0) is 11.2 Å². The fourth-order valence-electron chi connectivity index (χ4n) is 3.44. The number of β-amino-alcohol motifs (C(OH)–C–C–N with tert-alkyl or cyclic N) is 1. The molecule has 0 amide bonds. The number of aliphatic hydroxyl groups excluding tert-OH is 1. The molecule has 0 aromatic heterocycles. The highest BCUT2D eigenvalue weighted by molar-refractivity contribution is 5.69. The van der Waals surface area contributed by atoms with Gasteiger partial charge in [0.25, 0.3) is 0 Å². The van der Waals surface area contributed by atoms with Crippen LogP contribution in [-0.4, -0.2) is 34.9 Å². The summed E-state index contributed by atoms with van der Waals surface area (Å²) in [7, 11) is 0. The van der Waals surface area contributed by atoms with Crippen molar-refractivity contribution < 1.29 is 15.0 Å². The summed E-state index contributed by atoms with van der Waals surface area (Å²) in [5.41, 5.74) is 4.80. The number of aryl methyl sites for hydroxylation is 1. The van der Waals surface area contributed by atoms with Crippen molar-refractivity contribution in [1.29, 1.82) is 0 Å². The quantitative estimate of drug-likeness (QED) is 0.887. The lowest BCUT2D eigenvalue weighted by molar-refractivity contribution is -0.137. The summed E-state index contributed by atoms with van der Waals surface area (Å²) in [6.45, 7) is 2.61. The number of benzene rings is 2. The SMILES string of the molecule is Cc1ccccc1Cc1ccc(N2CC(O)CC2CC(=O)O)cc1. The summed E-state index contributed by atoms with van der Waals surface area (Å²) >= 11 is 0. The van der Waals surface area contributed by atoms with E-state index in [1.54, 1.807) is 0 Å². The summed E-state index contributed by atoms with van der Waals surface area (Å²) in [6, 6.07) is 16.5. The van der Waals surface area contributed by atoms with E-state index >= 15 is 0 Å². The van der Waals surface area contributed by atoms with Crippen molar-refractivity contribution in [3.8, 4) is 0 Å². The maximum atomic E-state index is 11.0. The van der Waals surface area contributed by atoms with Gasteiger partial charge in [-0.15, -0.1) is 0 Å². The van der Waals surface area contributed by atoms with E-state index in [9.17, 15) is 9.90 Å². The van der Waals surface area contributed by atoms with Crippen molar-refractivity contribution in [3.63, 3.8) is 0 Å². The Hall–Kier alpha value is -2.33. The van der Waals surface area contributed by atoms with Crippen LogP contribution in [0, 0.1) is 6.92 Å². The van der Waals surface area contributed by atoms with Crippen LogP contribution in [0.1, 0.15) is 29.5 Å². The van der Waals surface area contributed by atoms with Crippen LogP contribution >= 0.6 is 0 Å². The lowest BCUT2D eigenvalue weighted by atomic mass is 10.0. The second-order valence-corrected chi connectivity index (χ2v) is 6.56. The van der Waals surface area contributed by atoms with Gasteiger partial charge in [0.15, 0.2) is 0 Å². The number of aliphatic hydroxyl groups is 1. The third-order valence-corrected chi connectivity index (χ3v) is 4.73. The number of anilines is 1. The molecule has 1 saturated heterocycles. The molecule has 1 fully saturated rings. The van der Waals surface area contributed by atoms with Crippen LogP contribution in [0.4, 0.5) is 5.69 Å². The van der Waals surface area contributed by atoms with Gasteiger partial charge in [-0.1, -0.05) is 36.4 Å². The van der Waals surface area contributed by atoms with Gasteiger partial charge < -0.3 is 15.1 Å². The molecule has 2 aromatic carbocycles. The number of hydrogen-bond acceptors (Lipinski definition) is 3. The predicted molar refractivity (Wildman–Crippen MR) is 94.4 cm³/mol. The minimum absolute atomic E-state index is 0.0576. The average Bonchev–Trinajstić information content (AvgIpc) is 2.90. The Labute approximate surface area is 142 Å². The Morgan fingerprint density at radius 3 is 2.54 bits per heavy atom. The molecule has 1 aliphatic rings. The maximum absolute atomic E-state index is 11.0. The third-order valence-electron chi connectivity index (χ3n) is 4.73. The predicted octanol–water partition coefficient (Wildman–Crippen LogP) is 3.00. The van der Waals surface area contributed by atoms with Crippen molar-refractivity contribution in [2.24, 2.45) is 0 Å². The molecular weight excluding hydrogens is 302 g/mol. The monoisotopic (exact) mass is 325 g/mol. The molecule has 0 aliphatic carbocycles. The fourth-order valence-corrected chi connectivity index (χ4v) is 3.44. The van der Waals surface area contributed by atoms with Gasteiger partial charge >= 0.3 is 5.97 Å². The third kappa shape index (κ3) is 3.77. The van der Waals surface area contributed by atoms with E-state index < -0.39 is 12.1 Å². The van der Waals surface area contributed by atoms with E-state index in [0.717, 1.165) is 12.1 Å². The first-order valence-corrected chi connectivity index (χ1v) is 8.33. The van der Waals surface area contributed by atoms with E-state index in [-0.39, 0.29) is 12.5 Å². The summed E-state index contributed by atoms with van der Waals surface area (Å²) < 4.78 is 0. The van der Waals surface area contributed by atoms with Crippen molar-refractivity contribution >= 4 is 11.7 Å². The van der Waals surface area contributed by atoms with E-state index in [2.05, 4.69) is 37.3 Å². The van der Waals surface area contributed by atoms with Gasteiger partial charge in [-0.2, -0.15) is 0 Å². The average molecular weight is 325 g/mol. The lowest BCUT2D eigenvalue weighted by Crippen LogP contribution is -2.31. The molecule has 3 rings (SSSR count). The minimum atomic E-state index is -0.824. The summed E-state index contributed by atoms with van der Waals surface area (Å²) in [4.78, 5) is 13.0. The number of carboxylic acid groups (broad SMARTS) is 1. The first-order chi connectivity index (χ1) is 11.5. The number of rotatable bonds is 5. The van der Waals surface area contributed by atoms with Crippen LogP contribution in [0.2, 0.25) is 0 Å². The molecule has 2 N–H and O–H groups in total. The molecule has 2 atom stereocenters. The Morgan fingerprint density at radius 1 is 1.17 bits per heavy atom. The number of hydrogen-bond donors (Lipinski definition) is 2. The Bertz CT molecular complexity index is 711. The fraction of sp³-hybridized carbons (Fsp3) is 0.350. The summed E-state index contributed by atoms with van der Waals surface area (Å²) in [5.74, 6) is -0.824. The van der Waals surface area contributed by atoms with Gasteiger partial charge in [0.1, 0.15) is 0 Å². The van der Waals surface area contributed by atoms with Gasteiger partial charge in [0.05, 0.1) is 12.5 Å². The summed E-state index contributed by atoms with van der Waals surface area (Å²) in [6.07, 6.45) is 0.994. The topological polar surface area (TPSA) is 60.8 Å². The first-order valence-electron chi connectivity index (χ1n) is 8.33. The molecule has 2 aromatic rings. The van der Waals surface area contributed by atoms with E-state index in [4.69, 9.17) is 5.11 Å². The normalized spacial score (nSPS) is 20.3. The zero-order valence-electron chi connectivity index (χ0n) is 13.9. The highest BCUT2D eigenvalue weighted by atomic mass is 16.4. The number of aliphatic carboxylic acids is 1. The molecule has 4 nitrogen and oxygen atoms in total. The van der Waals surface area contributed by atoms with Gasteiger partial charge in [-0.3, -0.25) is 4.79 Å². The van der Waals surface area contributed by atoms with Gasteiger partial charge in [-0.25, -0.2) is 0 Å². The Morgan fingerprint density at radius 2 is 1.88 bits per heavy atom. The van der Waals surface area contributed by atoms with E-state index in [1.165, 1.54) is 16.7 Å². The lowest BCUT2D eigenvalue weighted by Gasteiger charge is -2.25.